The molecule has 2 aromatic carbocycles. The van der Waals surface area contributed by atoms with Crippen LogP contribution in [-0.4, -0.2) is 42.9 Å². The summed E-state index contributed by atoms with van der Waals surface area (Å²) in [6.45, 7) is 0. The maximum atomic E-state index is 12.6. The lowest BCUT2D eigenvalue weighted by Crippen LogP contribution is -2.23. The number of anilines is 1. The first-order valence-corrected chi connectivity index (χ1v) is 9.70. The van der Waals surface area contributed by atoms with Crippen molar-refractivity contribution in [3.8, 4) is 11.4 Å². The van der Waals surface area contributed by atoms with Crippen molar-refractivity contribution >= 4 is 33.2 Å². The van der Waals surface area contributed by atoms with Crippen molar-refractivity contribution in [1.29, 1.82) is 0 Å². The number of rotatable bonds is 5. The Morgan fingerprint density at radius 2 is 1.96 bits per heavy atom. The van der Waals surface area contributed by atoms with Crippen molar-refractivity contribution in [2.75, 3.05) is 19.4 Å². The van der Waals surface area contributed by atoms with E-state index in [1.807, 2.05) is 0 Å². The molecule has 0 spiro atoms. The van der Waals surface area contributed by atoms with Crippen LogP contribution in [0, 0.1) is 0 Å². The summed E-state index contributed by atoms with van der Waals surface area (Å²) < 4.78 is 30.2. The summed E-state index contributed by atoms with van der Waals surface area (Å²) >= 11 is 6.00. The molecule has 0 saturated heterocycles. The minimum absolute atomic E-state index is 0.0160. The summed E-state index contributed by atoms with van der Waals surface area (Å²) in [4.78, 5) is 25.9. The third kappa shape index (κ3) is 3.98. The molecule has 0 aliphatic heterocycles. The van der Waals surface area contributed by atoms with Crippen LogP contribution in [0.25, 0.3) is 11.4 Å². The third-order valence-corrected chi connectivity index (χ3v) is 6.08. The zero-order valence-electron chi connectivity index (χ0n) is 14.8. The molecule has 0 aliphatic rings. The van der Waals surface area contributed by atoms with E-state index in [0.717, 1.165) is 4.31 Å². The normalized spacial score (nSPS) is 11.6. The van der Waals surface area contributed by atoms with Crippen molar-refractivity contribution in [1.82, 2.24) is 14.4 Å². The monoisotopic (exact) mass is 422 g/mol. The molecule has 28 heavy (non-hydrogen) atoms. The number of hydrogen-bond donors (Lipinski definition) is 2. The van der Waals surface area contributed by atoms with E-state index in [1.54, 1.807) is 24.3 Å². The predicted octanol–water partition coefficient (Wildman–Crippen LogP) is 2.19. The second-order valence-corrected chi connectivity index (χ2v) is 8.44. The highest BCUT2D eigenvalue weighted by atomic mass is 35.5. The van der Waals surface area contributed by atoms with Gasteiger partial charge in [-0.2, -0.15) is 0 Å². The maximum absolute atomic E-state index is 12.6. The fraction of sp³-hybridized carbons (Fsp3) is 0.118. The number of carbonyl (C=O) groups excluding carboxylic acids is 1. The molecule has 9 nitrogen and oxygen atoms in total. The van der Waals surface area contributed by atoms with Gasteiger partial charge in [-0.1, -0.05) is 28.9 Å². The number of hydrogen-bond acceptors (Lipinski definition) is 6. The van der Waals surface area contributed by atoms with E-state index in [0.29, 0.717) is 11.3 Å². The number of nitrogens with one attached hydrogen (secondary N) is 2. The Balaban J connectivity index is 1.89. The van der Waals surface area contributed by atoms with Gasteiger partial charge in [0.1, 0.15) is 4.90 Å². The molecular weight excluding hydrogens is 408 g/mol. The Morgan fingerprint density at radius 1 is 1.21 bits per heavy atom. The number of halogens is 1. The zero-order chi connectivity index (χ0) is 20.5. The van der Waals surface area contributed by atoms with Gasteiger partial charge < -0.3 is 5.32 Å². The van der Waals surface area contributed by atoms with Gasteiger partial charge in [-0.3, -0.25) is 14.3 Å². The predicted molar refractivity (Wildman–Crippen MR) is 103 cm³/mol. The molecule has 1 aromatic heterocycles. The van der Waals surface area contributed by atoms with Crippen LogP contribution >= 0.6 is 11.6 Å². The van der Waals surface area contributed by atoms with Crippen LogP contribution < -0.4 is 11.1 Å². The van der Waals surface area contributed by atoms with Crippen LogP contribution in [0.15, 0.2) is 56.7 Å². The smallest absolute Gasteiger partial charge is 0.322 e. The highest BCUT2D eigenvalue weighted by Gasteiger charge is 2.22. The summed E-state index contributed by atoms with van der Waals surface area (Å²) in [7, 11) is -1.06. The van der Waals surface area contributed by atoms with Gasteiger partial charge >= 0.3 is 5.76 Å². The van der Waals surface area contributed by atoms with Gasteiger partial charge in [0, 0.05) is 30.9 Å². The van der Waals surface area contributed by atoms with Gasteiger partial charge in [0.25, 0.3) is 5.91 Å². The number of amides is 1. The van der Waals surface area contributed by atoms with E-state index in [-0.39, 0.29) is 21.3 Å². The van der Waals surface area contributed by atoms with E-state index in [1.165, 1.54) is 32.3 Å². The summed E-state index contributed by atoms with van der Waals surface area (Å²) in [5, 5.41) is 6.27. The molecule has 0 saturated carbocycles. The van der Waals surface area contributed by atoms with Crippen LogP contribution in [-0.2, 0) is 10.0 Å². The largest absolute Gasteiger partial charge is 0.439 e. The quantitative estimate of drug-likeness (QED) is 0.649. The molecule has 1 amide bonds. The molecule has 2 N–H and O–H groups in total. The number of sulfonamides is 1. The first-order valence-electron chi connectivity index (χ1n) is 7.88. The Kier molecular flexibility index (Phi) is 5.36. The number of carbonyl (C=O) groups is 1. The molecule has 0 aliphatic carbocycles. The van der Waals surface area contributed by atoms with Crippen LogP contribution in [0.5, 0.6) is 0 Å². The van der Waals surface area contributed by atoms with Crippen LogP contribution in [0.1, 0.15) is 10.4 Å². The number of aromatic nitrogens is 2. The third-order valence-electron chi connectivity index (χ3n) is 3.79. The Bertz CT molecular complexity index is 1200. The molecule has 11 heteroatoms. The molecule has 0 atom stereocenters. The lowest BCUT2D eigenvalue weighted by Gasteiger charge is -2.14. The Hall–Kier alpha value is -2.95. The first kappa shape index (κ1) is 19.8. The van der Waals surface area contributed by atoms with E-state index in [2.05, 4.69) is 20.0 Å². The van der Waals surface area contributed by atoms with Gasteiger partial charge in [0.05, 0.1) is 5.02 Å². The van der Waals surface area contributed by atoms with E-state index >= 15 is 0 Å². The van der Waals surface area contributed by atoms with Crippen LogP contribution in [0.3, 0.4) is 0 Å². The van der Waals surface area contributed by atoms with E-state index < -0.39 is 21.7 Å². The molecule has 146 valence electrons. The standard InChI is InChI=1S/C17H15ClN4O5S/c1-22(2)28(25,26)14-9-11(6-7-13(14)18)16(23)19-12-5-3-4-10(8-12)15-20-17(24)27-21-15/h3-9H,1-2H3,(H,19,23)(H,20,21,24). The first-order chi connectivity index (χ1) is 13.2. The zero-order valence-corrected chi connectivity index (χ0v) is 16.3. The van der Waals surface area contributed by atoms with Gasteiger partial charge in [-0.15, -0.1) is 0 Å². The van der Waals surface area contributed by atoms with Crippen molar-refractivity contribution in [2.45, 2.75) is 4.90 Å². The second-order valence-electron chi connectivity index (χ2n) is 5.91. The lowest BCUT2D eigenvalue weighted by molar-refractivity contribution is 0.102. The van der Waals surface area contributed by atoms with Crippen molar-refractivity contribution < 1.29 is 17.7 Å². The molecule has 1 heterocycles. The van der Waals surface area contributed by atoms with Gasteiger partial charge in [-0.05, 0) is 30.3 Å². The lowest BCUT2D eigenvalue weighted by atomic mass is 10.1. The number of benzene rings is 2. The second kappa shape index (κ2) is 7.58. The number of nitrogens with zero attached hydrogens (tertiary/aromatic N) is 2. The maximum Gasteiger partial charge on any atom is 0.439 e. The van der Waals surface area contributed by atoms with Crippen molar-refractivity contribution in [2.24, 2.45) is 0 Å². The van der Waals surface area contributed by atoms with E-state index in [9.17, 15) is 18.0 Å². The van der Waals surface area contributed by atoms with Crippen molar-refractivity contribution in [3.05, 3.63) is 63.6 Å². The average molecular weight is 423 g/mol. The highest BCUT2D eigenvalue weighted by molar-refractivity contribution is 7.89. The van der Waals surface area contributed by atoms with Crippen LogP contribution in [0.2, 0.25) is 5.02 Å². The molecule has 0 unspecified atom stereocenters. The molecule has 3 rings (SSSR count). The van der Waals surface area contributed by atoms with Crippen molar-refractivity contribution in [3.63, 3.8) is 0 Å². The molecule has 0 fully saturated rings. The Morgan fingerprint density at radius 3 is 2.61 bits per heavy atom. The molecule has 3 aromatic rings. The summed E-state index contributed by atoms with van der Waals surface area (Å²) in [5.41, 5.74) is 1.05. The fourth-order valence-corrected chi connectivity index (χ4v) is 3.73. The fourth-order valence-electron chi connectivity index (χ4n) is 2.34. The summed E-state index contributed by atoms with van der Waals surface area (Å²) in [6, 6.07) is 10.5. The SMILES string of the molecule is CN(C)S(=O)(=O)c1cc(C(=O)Nc2cccc(-c3noc(=O)[nH]3)c2)ccc1Cl. The molecular formula is C17H15ClN4O5S. The van der Waals surface area contributed by atoms with E-state index in [4.69, 9.17) is 11.6 Å². The average Bonchev–Trinajstić information content (AvgIpc) is 3.08. The summed E-state index contributed by atoms with van der Waals surface area (Å²) in [6.07, 6.45) is 0. The summed E-state index contributed by atoms with van der Waals surface area (Å²) in [5.74, 6) is -1.01. The minimum Gasteiger partial charge on any atom is -0.322 e. The van der Waals surface area contributed by atoms with Gasteiger partial charge in [0.15, 0.2) is 5.82 Å². The van der Waals surface area contributed by atoms with Gasteiger partial charge in [0.2, 0.25) is 10.0 Å². The number of aromatic amines is 1. The minimum atomic E-state index is -3.81. The Labute approximate surface area is 165 Å². The number of H-pyrrole nitrogens is 1. The topological polar surface area (TPSA) is 125 Å². The van der Waals surface area contributed by atoms with Crippen LogP contribution in [0.4, 0.5) is 5.69 Å². The molecule has 0 radical (unpaired) electrons. The van der Waals surface area contributed by atoms with Gasteiger partial charge in [-0.25, -0.2) is 17.5 Å². The molecule has 0 bridgehead atoms. The highest BCUT2D eigenvalue weighted by Crippen LogP contribution is 2.25.